The van der Waals surface area contributed by atoms with Crippen molar-refractivity contribution < 1.29 is 9.90 Å². The Bertz CT molecular complexity index is 666. The molecule has 1 aromatic heterocycles. The number of rotatable bonds is 4. The number of amides is 1. The minimum Gasteiger partial charge on any atom is -0.387 e. The standard InChI is InChI=1S/C15H16ClN3O2S/c16-11-3-1-10(2-4-11)12-7-13(19-18-12)14(20)17-8-15(21)5-6-22-9-15/h1-4,7,21H,5-6,8-9H2,(H,17,20)(H,18,19). The molecule has 0 bridgehead atoms. The summed E-state index contributed by atoms with van der Waals surface area (Å²) in [5.74, 6) is 1.32. The zero-order chi connectivity index (χ0) is 15.6. The third-order valence-corrected chi connectivity index (χ3v) is 5.11. The molecule has 3 rings (SSSR count). The van der Waals surface area contributed by atoms with Gasteiger partial charge in [0.15, 0.2) is 0 Å². The number of hydrogen-bond donors (Lipinski definition) is 3. The summed E-state index contributed by atoms with van der Waals surface area (Å²) in [6.07, 6.45) is 0.705. The van der Waals surface area contributed by atoms with Gasteiger partial charge in [-0.2, -0.15) is 16.9 Å². The summed E-state index contributed by atoms with van der Waals surface area (Å²) in [5.41, 5.74) is 1.14. The van der Waals surface area contributed by atoms with Crippen LogP contribution in [0.3, 0.4) is 0 Å². The Morgan fingerprint density at radius 2 is 2.23 bits per heavy atom. The molecule has 7 heteroatoms. The number of carbonyl (C=O) groups excluding carboxylic acids is 1. The summed E-state index contributed by atoms with van der Waals surface area (Å²) < 4.78 is 0. The van der Waals surface area contributed by atoms with Gasteiger partial charge < -0.3 is 10.4 Å². The van der Waals surface area contributed by atoms with Crippen molar-refractivity contribution in [2.75, 3.05) is 18.1 Å². The number of halogens is 1. The predicted molar refractivity (Wildman–Crippen MR) is 88.3 cm³/mol. The first kappa shape index (κ1) is 15.4. The van der Waals surface area contributed by atoms with Crippen molar-refractivity contribution >= 4 is 29.3 Å². The van der Waals surface area contributed by atoms with E-state index in [1.165, 1.54) is 0 Å². The first-order valence-electron chi connectivity index (χ1n) is 6.95. The molecule has 1 aliphatic heterocycles. The highest BCUT2D eigenvalue weighted by Gasteiger charge is 2.32. The minimum absolute atomic E-state index is 0.258. The maximum atomic E-state index is 12.1. The summed E-state index contributed by atoms with van der Waals surface area (Å²) in [6.45, 7) is 0.258. The Morgan fingerprint density at radius 1 is 1.45 bits per heavy atom. The van der Waals surface area contributed by atoms with Crippen LogP contribution in [0.5, 0.6) is 0 Å². The van der Waals surface area contributed by atoms with Crippen molar-refractivity contribution in [1.82, 2.24) is 15.5 Å². The third kappa shape index (κ3) is 3.45. The molecular formula is C15H16ClN3O2S. The highest BCUT2D eigenvalue weighted by molar-refractivity contribution is 7.99. The van der Waals surface area contributed by atoms with Gasteiger partial charge in [0.2, 0.25) is 0 Å². The summed E-state index contributed by atoms with van der Waals surface area (Å²) >= 11 is 7.55. The van der Waals surface area contributed by atoms with E-state index in [0.29, 0.717) is 28.6 Å². The van der Waals surface area contributed by atoms with Crippen molar-refractivity contribution in [2.24, 2.45) is 0 Å². The second-order valence-corrected chi connectivity index (χ2v) is 6.92. The minimum atomic E-state index is -0.792. The molecular weight excluding hydrogens is 322 g/mol. The third-order valence-electron chi connectivity index (χ3n) is 3.62. The number of nitrogens with zero attached hydrogens (tertiary/aromatic N) is 1. The Labute approximate surface area is 137 Å². The van der Waals surface area contributed by atoms with Crippen LogP contribution < -0.4 is 5.32 Å². The van der Waals surface area contributed by atoms with E-state index in [9.17, 15) is 9.90 Å². The molecule has 1 aliphatic rings. The molecule has 1 unspecified atom stereocenters. The van der Waals surface area contributed by atoms with Gasteiger partial charge in [0, 0.05) is 22.9 Å². The van der Waals surface area contributed by atoms with Crippen LogP contribution in [0, 0.1) is 0 Å². The zero-order valence-corrected chi connectivity index (χ0v) is 13.4. The van der Waals surface area contributed by atoms with Crippen molar-refractivity contribution in [3.8, 4) is 11.3 Å². The van der Waals surface area contributed by atoms with Crippen LogP contribution in [0.1, 0.15) is 16.9 Å². The second-order valence-electron chi connectivity index (χ2n) is 5.38. The zero-order valence-electron chi connectivity index (χ0n) is 11.8. The molecule has 5 nitrogen and oxygen atoms in total. The number of aliphatic hydroxyl groups is 1. The summed E-state index contributed by atoms with van der Waals surface area (Å²) in [4.78, 5) is 12.1. The first-order chi connectivity index (χ1) is 10.6. The second kappa shape index (κ2) is 6.32. The fraction of sp³-hybridized carbons (Fsp3) is 0.333. The Balaban J connectivity index is 1.65. The molecule has 0 radical (unpaired) electrons. The van der Waals surface area contributed by atoms with E-state index in [-0.39, 0.29) is 12.5 Å². The highest BCUT2D eigenvalue weighted by atomic mass is 35.5. The molecule has 0 saturated carbocycles. The smallest absolute Gasteiger partial charge is 0.269 e. The van der Waals surface area contributed by atoms with E-state index in [1.807, 2.05) is 12.1 Å². The van der Waals surface area contributed by atoms with E-state index in [0.717, 1.165) is 11.3 Å². The number of benzene rings is 1. The Hall–Kier alpha value is -1.50. The van der Waals surface area contributed by atoms with E-state index < -0.39 is 5.60 Å². The number of nitrogens with one attached hydrogen (secondary N) is 2. The van der Waals surface area contributed by atoms with Gasteiger partial charge in [0.1, 0.15) is 5.69 Å². The van der Waals surface area contributed by atoms with Crippen LogP contribution in [-0.4, -0.2) is 44.9 Å². The molecule has 1 atom stereocenters. The molecule has 3 N–H and O–H groups in total. The van der Waals surface area contributed by atoms with Crippen LogP contribution >= 0.6 is 23.4 Å². The van der Waals surface area contributed by atoms with Crippen LogP contribution in [0.4, 0.5) is 0 Å². The average molecular weight is 338 g/mol. The highest BCUT2D eigenvalue weighted by Crippen LogP contribution is 2.27. The van der Waals surface area contributed by atoms with Gasteiger partial charge in [-0.3, -0.25) is 9.89 Å². The van der Waals surface area contributed by atoms with Crippen molar-refractivity contribution in [3.05, 3.63) is 41.0 Å². The lowest BCUT2D eigenvalue weighted by molar-refractivity contribution is 0.0611. The maximum absolute atomic E-state index is 12.1. The maximum Gasteiger partial charge on any atom is 0.269 e. The normalized spacial score (nSPS) is 21.0. The fourth-order valence-electron chi connectivity index (χ4n) is 2.28. The lowest BCUT2D eigenvalue weighted by Gasteiger charge is -2.21. The van der Waals surface area contributed by atoms with Gasteiger partial charge in [0.25, 0.3) is 5.91 Å². The molecule has 116 valence electrons. The number of carbonyl (C=O) groups is 1. The van der Waals surface area contributed by atoms with Gasteiger partial charge in [0.05, 0.1) is 11.3 Å². The lowest BCUT2D eigenvalue weighted by atomic mass is 10.0. The molecule has 0 spiro atoms. The van der Waals surface area contributed by atoms with Crippen LogP contribution in [0.2, 0.25) is 5.02 Å². The number of aromatic nitrogens is 2. The van der Waals surface area contributed by atoms with Crippen LogP contribution in [0.15, 0.2) is 30.3 Å². The average Bonchev–Trinajstić information content (AvgIpc) is 3.15. The largest absolute Gasteiger partial charge is 0.387 e. The van der Waals surface area contributed by atoms with Crippen LogP contribution in [-0.2, 0) is 0 Å². The first-order valence-corrected chi connectivity index (χ1v) is 8.49. The van der Waals surface area contributed by atoms with E-state index >= 15 is 0 Å². The quantitative estimate of drug-likeness (QED) is 0.800. The van der Waals surface area contributed by atoms with E-state index in [2.05, 4.69) is 15.5 Å². The summed E-state index contributed by atoms with van der Waals surface area (Å²) in [6, 6.07) is 8.93. The van der Waals surface area contributed by atoms with Gasteiger partial charge in [-0.05, 0) is 30.4 Å². The molecule has 0 aliphatic carbocycles. The number of H-pyrrole nitrogens is 1. The summed E-state index contributed by atoms with van der Waals surface area (Å²) in [7, 11) is 0. The molecule has 1 fully saturated rings. The Morgan fingerprint density at radius 3 is 2.91 bits per heavy atom. The van der Waals surface area contributed by atoms with Crippen molar-refractivity contribution in [2.45, 2.75) is 12.0 Å². The van der Waals surface area contributed by atoms with Gasteiger partial charge in [-0.25, -0.2) is 0 Å². The molecule has 1 aromatic carbocycles. The Kier molecular flexibility index (Phi) is 4.42. The number of aromatic amines is 1. The topological polar surface area (TPSA) is 78.0 Å². The number of hydrogen-bond acceptors (Lipinski definition) is 4. The monoisotopic (exact) mass is 337 g/mol. The summed E-state index contributed by atoms with van der Waals surface area (Å²) in [5, 5.41) is 20.5. The van der Waals surface area contributed by atoms with E-state index in [4.69, 9.17) is 11.6 Å². The molecule has 2 heterocycles. The van der Waals surface area contributed by atoms with Crippen LogP contribution in [0.25, 0.3) is 11.3 Å². The van der Waals surface area contributed by atoms with Gasteiger partial charge >= 0.3 is 0 Å². The van der Waals surface area contributed by atoms with Crippen molar-refractivity contribution in [1.29, 1.82) is 0 Å². The molecule has 1 amide bonds. The number of thioether (sulfide) groups is 1. The molecule has 1 saturated heterocycles. The van der Waals surface area contributed by atoms with Crippen molar-refractivity contribution in [3.63, 3.8) is 0 Å². The lowest BCUT2D eigenvalue weighted by Crippen LogP contribution is -2.43. The molecule has 2 aromatic rings. The van der Waals surface area contributed by atoms with Gasteiger partial charge in [-0.15, -0.1) is 0 Å². The molecule has 22 heavy (non-hydrogen) atoms. The fourth-order valence-corrected chi connectivity index (χ4v) is 3.70. The van der Waals surface area contributed by atoms with E-state index in [1.54, 1.807) is 30.0 Å². The van der Waals surface area contributed by atoms with Gasteiger partial charge in [-0.1, -0.05) is 23.7 Å². The SMILES string of the molecule is O=C(NCC1(O)CCSC1)c1cc(-c2ccc(Cl)cc2)n[nH]1. The predicted octanol–water partition coefficient (Wildman–Crippen LogP) is 2.33.